The number of benzene rings is 1. The van der Waals surface area contributed by atoms with Crippen LogP contribution in [0.5, 0.6) is 0 Å². The van der Waals surface area contributed by atoms with Crippen LogP contribution in [0.1, 0.15) is 45.7 Å². The van der Waals surface area contributed by atoms with Crippen molar-refractivity contribution in [2.24, 2.45) is 0 Å². The second-order valence-corrected chi connectivity index (χ2v) is 7.00. The van der Waals surface area contributed by atoms with Gasteiger partial charge in [0, 0.05) is 25.0 Å². The summed E-state index contributed by atoms with van der Waals surface area (Å²) in [5.41, 5.74) is 1.32. The lowest BCUT2D eigenvalue weighted by Gasteiger charge is -2.28. The van der Waals surface area contributed by atoms with Crippen LogP contribution >= 0.6 is 0 Å². The zero-order valence-electron chi connectivity index (χ0n) is 15.0. The highest BCUT2D eigenvalue weighted by Gasteiger charge is 2.41. The van der Waals surface area contributed by atoms with Gasteiger partial charge in [0.25, 0.3) is 11.8 Å². The van der Waals surface area contributed by atoms with E-state index in [2.05, 4.69) is 10.6 Å². The smallest absolute Gasteiger partial charge is 0.259 e. The molecule has 0 radical (unpaired) electrons. The van der Waals surface area contributed by atoms with Crippen molar-refractivity contribution in [1.29, 1.82) is 0 Å². The number of aryl methyl sites for hydroxylation is 1. The van der Waals surface area contributed by atoms with Crippen molar-refractivity contribution in [2.45, 2.75) is 38.3 Å². The quantitative estimate of drug-likeness (QED) is 0.871. The van der Waals surface area contributed by atoms with Crippen molar-refractivity contribution in [1.82, 2.24) is 10.2 Å². The van der Waals surface area contributed by atoms with Crippen LogP contribution in [0.25, 0.3) is 0 Å². The maximum absolute atomic E-state index is 13.3. The Balaban J connectivity index is 1.61. The van der Waals surface area contributed by atoms with Gasteiger partial charge in [-0.05, 0) is 38.0 Å². The number of fused-ring (bicyclic) bond motifs is 2. The lowest BCUT2D eigenvalue weighted by atomic mass is 10.1. The molecule has 0 saturated carbocycles. The van der Waals surface area contributed by atoms with Gasteiger partial charge in [-0.15, -0.1) is 0 Å². The fourth-order valence-electron chi connectivity index (χ4n) is 3.94. The third-order valence-electron chi connectivity index (χ3n) is 5.32. The molecule has 2 saturated heterocycles. The van der Waals surface area contributed by atoms with Crippen molar-refractivity contribution >= 4 is 23.4 Å². The first-order valence-corrected chi connectivity index (χ1v) is 9.08. The van der Waals surface area contributed by atoms with E-state index in [0.29, 0.717) is 35.5 Å². The van der Waals surface area contributed by atoms with Crippen LogP contribution in [0.15, 0.2) is 41.0 Å². The summed E-state index contributed by atoms with van der Waals surface area (Å²) in [5.74, 6) is 0.0273. The number of nitrogens with one attached hydrogen (secondary N) is 2. The second-order valence-electron chi connectivity index (χ2n) is 7.00. The second kappa shape index (κ2) is 6.90. The Kier molecular flexibility index (Phi) is 4.43. The molecule has 7 heteroatoms. The summed E-state index contributed by atoms with van der Waals surface area (Å²) in [6.45, 7) is 2.19. The molecule has 4 rings (SSSR count). The summed E-state index contributed by atoms with van der Waals surface area (Å²) in [7, 11) is 0. The van der Waals surface area contributed by atoms with Crippen LogP contribution in [0.2, 0.25) is 0 Å². The average Bonchev–Trinajstić information content (AvgIpc) is 3.20. The molecule has 3 amide bonds. The van der Waals surface area contributed by atoms with Gasteiger partial charge < -0.3 is 20.0 Å². The third-order valence-corrected chi connectivity index (χ3v) is 5.32. The minimum absolute atomic E-state index is 0.00572. The van der Waals surface area contributed by atoms with E-state index in [0.717, 1.165) is 12.8 Å². The summed E-state index contributed by atoms with van der Waals surface area (Å²) in [5, 5.41) is 5.69. The van der Waals surface area contributed by atoms with Crippen LogP contribution in [-0.4, -0.2) is 41.2 Å². The maximum atomic E-state index is 13.3. The number of hydrogen-bond donors (Lipinski definition) is 2. The lowest BCUT2D eigenvalue weighted by Crippen LogP contribution is -2.42. The number of nitrogens with zero attached hydrogens (tertiary/aromatic N) is 1. The number of rotatable bonds is 3. The number of carbonyl (C=O) groups excluding carboxylic acids is 3. The third kappa shape index (κ3) is 3.20. The molecular weight excluding hydrogens is 346 g/mol. The first-order valence-electron chi connectivity index (χ1n) is 9.08. The molecule has 2 fully saturated rings. The number of carbonyl (C=O) groups is 3. The SMILES string of the molecule is Cc1occc1C(=O)Nc1ccccc1C(=O)N1[C@@H]2CC[C@H]1CNC(=O)C2. The molecule has 0 unspecified atom stereocenters. The van der Waals surface area contributed by atoms with Crippen molar-refractivity contribution in [3.63, 3.8) is 0 Å². The number of hydrogen-bond acceptors (Lipinski definition) is 4. The summed E-state index contributed by atoms with van der Waals surface area (Å²) in [6, 6.07) is 8.47. The van der Waals surface area contributed by atoms with E-state index in [-0.39, 0.29) is 29.8 Å². The molecule has 1 aromatic carbocycles. The van der Waals surface area contributed by atoms with Crippen molar-refractivity contribution in [3.05, 3.63) is 53.5 Å². The number of para-hydroxylation sites is 1. The van der Waals surface area contributed by atoms with Gasteiger partial charge in [0.15, 0.2) is 0 Å². The molecule has 2 bridgehead atoms. The molecule has 140 valence electrons. The van der Waals surface area contributed by atoms with Crippen LogP contribution in [0.4, 0.5) is 5.69 Å². The topological polar surface area (TPSA) is 91.7 Å². The zero-order chi connectivity index (χ0) is 19.0. The summed E-state index contributed by atoms with van der Waals surface area (Å²) >= 11 is 0. The van der Waals surface area contributed by atoms with E-state index in [1.54, 1.807) is 37.3 Å². The Morgan fingerprint density at radius 2 is 1.93 bits per heavy atom. The molecule has 2 aromatic rings. The Morgan fingerprint density at radius 3 is 2.70 bits per heavy atom. The molecule has 27 heavy (non-hydrogen) atoms. The highest BCUT2D eigenvalue weighted by atomic mass is 16.3. The summed E-state index contributed by atoms with van der Waals surface area (Å²) < 4.78 is 5.18. The van der Waals surface area contributed by atoms with Crippen LogP contribution in [0, 0.1) is 6.92 Å². The Bertz CT molecular complexity index is 904. The first-order chi connectivity index (χ1) is 13.0. The average molecular weight is 367 g/mol. The van der Waals surface area contributed by atoms with Crippen LogP contribution in [0.3, 0.4) is 0 Å². The molecule has 2 atom stereocenters. The summed E-state index contributed by atoms with van der Waals surface area (Å²) in [6.07, 6.45) is 3.48. The van der Waals surface area contributed by atoms with E-state index < -0.39 is 0 Å². The minimum Gasteiger partial charge on any atom is -0.469 e. The van der Waals surface area contributed by atoms with Gasteiger partial charge >= 0.3 is 0 Å². The monoisotopic (exact) mass is 367 g/mol. The Labute approximate surface area is 156 Å². The molecule has 0 aliphatic carbocycles. The molecule has 3 heterocycles. The molecule has 7 nitrogen and oxygen atoms in total. The highest BCUT2D eigenvalue weighted by Crippen LogP contribution is 2.31. The highest BCUT2D eigenvalue weighted by molar-refractivity contribution is 6.09. The van der Waals surface area contributed by atoms with Gasteiger partial charge in [0.2, 0.25) is 5.91 Å². The zero-order valence-corrected chi connectivity index (χ0v) is 15.0. The van der Waals surface area contributed by atoms with Gasteiger partial charge in [-0.1, -0.05) is 12.1 Å². The van der Waals surface area contributed by atoms with Gasteiger partial charge in [0.1, 0.15) is 5.76 Å². The fraction of sp³-hybridized carbons (Fsp3) is 0.350. The molecule has 1 aromatic heterocycles. The largest absolute Gasteiger partial charge is 0.469 e. The molecule has 2 N–H and O–H groups in total. The van der Waals surface area contributed by atoms with Gasteiger partial charge in [-0.3, -0.25) is 14.4 Å². The fourth-order valence-corrected chi connectivity index (χ4v) is 3.94. The van der Waals surface area contributed by atoms with Gasteiger partial charge in [-0.25, -0.2) is 0 Å². The molecule has 0 spiro atoms. The van der Waals surface area contributed by atoms with Gasteiger partial charge in [0.05, 0.1) is 23.1 Å². The predicted molar refractivity (Wildman–Crippen MR) is 98.4 cm³/mol. The lowest BCUT2D eigenvalue weighted by molar-refractivity contribution is -0.121. The van der Waals surface area contributed by atoms with Crippen molar-refractivity contribution < 1.29 is 18.8 Å². The minimum atomic E-state index is -0.322. The number of furan rings is 1. The van der Waals surface area contributed by atoms with E-state index in [1.165, 1.54) is 6.26 Å². The molecular formula is C20H21N3O4. The van der Waals surface area contributed by atoms with Gasteiger partial charge in [-0.2, -0.15) is 0 Å². The summed E-state index contributed by atoms with van der Waals surface area (Å²) in [4.78, 5) is 39.5. The van der Waals surface area contributed by atoms with E-state index in [9.17, 15) is 14.4 Å². The number of anilines is 1. The predicted octanol–water partition coefficient (Wildman–Crippen LogP) is 2.33. The molecule has 2 aliphatic heterocycles. The Morgan fingerprint density at radius 1 is 1.15 bits per heavy atom. The number of amides is 3. The maximum Gasteiger partial charge on any atom is 0.259 e. The van der Waals surface area contributed by atoms with E-state index >= 15 is 0 Å². The normalized spacial score (nSPS) is 21.5. The first kappa shape index (κ1) is 17.3. The Hall–Kier alpha value is -3.09. The van der Waals surface area contributed by atoms with Crippen LogP contribution in [-0.2, 0) is 4.79 Å². The van der Waals surface area contributed by atoms with E-state index in [4.69, 9.17) is 4.42 Å². The van der Waals surface area contributed by atoms with Crippen molar-refractivity contribution in [2.75, 3.05) is 11.9 Å². The molecule has 2 aliphatic rings. The van der Waals surface area contributed by atoms with E-state index in [1.807, 2.05) is 4.90 Å². The standard InChI is InChI=1S/C20H21N3O4/c1-12-15(8-9-27-12)19(25)22-17-5-3-2-4-16(17)20(26)23-13-6-7-14(23)11-21-18(24)10-13/h2-5,8-9,13-14H,6-7,10-11H2,1H3,(H,21,24)(H,22,25)/t13-,14+/m1/s1. The van der Waals surface area contributed by atoms with Crippen LogP contribution < -0.4 is 10.6 Å². The van der Waals surface area contributed by atoms with Crippen molar-refractivity contribution in [3.8, 4) is 0 Å².